The second kappa shape index (κ2) is 13.0. The number of carbonyl (C=O) groups is 1. The van der Waals surface area contributed by atoms with Crippen molar-refractivity contribution in [1.82, 2.24) is 29.4 Å². The number of hydrogen-bond donors (Lipinski definition) is 0. The zero-order chi connectivity index (χ0) is 35.2. The first kappa shape index (κ1) is 34.5. The Labute approximate surface area is 277 Å². The highest BCUT2D eigenvalue weighted by atomic mass is 32.2. The van der Waals surface area contributed by atoms with E-state index in [-0.39, 0.29) is 70.1 Å². The maximum absolute atomic E-state index is 16.0. The number of amides is 1. The summed E-state index contributed by atoms with van der Waals surface area (Å²) in [7, 11) is -2.40. The molecule has 0 aliphatic carbocycles. The van der Waals surface area contributed by atoms with E-state index < -0.39 is 27.3 Å². The van der Waals surface area contributed by atoms with Crippen molar-refractivity contribution in [2.45, 2.75) is 52.5 Å². The predicted molar refractivity (Wildman–Crippen MR) is 181 cm³/mol. The van der Waals surface area contributed by atoms with E-state index in [9.17, 15) is 18.0 Å². The van der Waals surface area contributed by atoms with Crippen molar-refractivity contribution in [3.05, 3.63) is 76.5 Å². The molecule has 15 heteroatoms. The third-order valence-corrected chi connectivity index (χ3v) is 9.50. The molecule has 0 radical (unpaired) electrons. The Hall–Kier alpha value is -4.79. The summed E-state index contributed by atoms with van der Waals surface area (Å²) in [6, 6.07) is 6.48. The first-order valence-corrected chi connectivity index (χ1v) is 17.3. The summed E-state index contributed by atoms with van der Waals surface area (Å²) >= 11 is 0. The van der Waals surface area contributed by atoms with E-state index >= 15 is 8.78 Å². The van der Waals surface area contributed by atoms with Crippen LogP contribution in [0.4, 0.5) is 20.5 Å². The topological polar surface area (TPSA) is 134 Å². The van der Waals surface area contributed by atoms with E-state index in [4.69, 9.17) is 0 Å². The first-order valence-electron chi connectivity index (χ1n) is 15.5. The average molecular weight is 681 g/mol. The van der Waals surface area contributed by atoms with Gasteiger partial charge in [0.05, 0.1) is 28.7 Å². The first-order chi connectivity index (χ1) is 22.5. The molecule has 0 unspecified atom stereocenters. The Bertz CT molecular complexity index is 2070. The molecule has 5 rings (SSSR count). The second-order valence-electron chi connectivity index (χ2n) is 12.4. The zero-order valence-electron chi connectivity index (χ0n) is 27.9. The molecule has 12 nitrogen and oxygen atoms in total. The number of rotatable bonds is 8. The van der Waals surface area contributed by atoms with Crippen molar-refractivity contribution in [3.63, 3.8) is 0 Å². The molecule has 0 bridgehead atoms. The van der Waals surface area contributed by atoms with Gasteiger partial charge in [-0.2, -0.15) is 4.98 Å². The van der Waals surface area contributed by atoms with Gasteiger partial charge in [0.1, 0.15) is 23.1 Å². The van der Waals surface area contributed by atoms with Crippen LogP contribution in [0.3, 0.4) is 0 Å². The number of piperazine rings is 1. The molecule has 1 aliphatic rings. The van der Waals surface area contributed by atoms with Crippen LogP contribution in [-0.2, 0) is 14.8 Å². The van der Waals surface area contributed by atoms with E-state index in [0.29, 0.717) is 24.5 Å². The number of nitrogens with zero attached hydrogens (tertiary/aromatic N) is 8. The predicted octanol–water partition coefficient (Wildman–Crippen LogP) is 4.38. The second-order valence-corrected chi connectivity index (χ2v) is 14.5. The summed E-state index contributed by atoms with van der Waals surface area (Å²) in [6.45, 7) is 13.6. The van der Waals surface area contributed by atoms with Crippen LogP contribution < -0.4 is 14.9 Å². The standard InChI is InChI=1S/C33H38F2N8O4S/c1-9-25(44)41-14-15-42(20(6)17-41)30-22-16-24(35)28(21-12-10-11-13-23(21)34)36-31(22)43(33(45)39-30)29-26(18(2)3)37-32(38-27(29)19(4)5)40(7)48(8,46)47/h9-13,16,18-20H,1,14-15,17H2,2-8H3/t20-/m0/s1. The third kappa shape index (κ3) is 6.25. The van der Waals surface area contributed by atoms with Gasteiger partial charge in [-0.1, -0.05) is 46.4 Å². The van der Waals surface area contributed by atoms with E-state index in [1.165, 1.54) is 42.0 Å². The fourth-order valence-electron chi connectivity index (χ4n) is 5.77. The summed E-state index contributed by atoms with van der Waals surface area (Å²) in [5, 5.41) is 0.171. The highest BCUT2D eigenvalue weighted by Crippen LogP contribution is 2.36. The number of sulfonamides is 1. The summed E-state index contributed by atoms with van der Waals surface area (Å²) in [6.07, 6.45) is 2.27. The van der Waals surface area contributed by atoms with Crippen LogP contribution >= 0.6 is 0 Å². The number of anilines is 2. The molecule has 254 valence electrons. The van der Waals surface area contributed by atoms with Crippen molar-refractivity contribution in [1.29, 1.82) is 0 Å². The molecule has 4 aromatic rings. The summed E-state index contributed by atoms with van der Waals surface area (Å²) in [5.74, 6) is -2.39. The smallest absolute Gasteiger partial charge is 0.350 e. The lowest BCUT2D eigenvalue weighted by Gasteiger charge is -2.40. The van der Waals surface area contributed by atoms with Gasteiger partial charge in [-0.25, -0.2) is 45.8 Å². The Balaban J connectivity index is 1.88. The highest BCUT2D eigenvalue weighted by molar-refractivity contribution is 7.92. The van der Waals surface area contributed by atoms with Crippen LogP contribution in [0.1, 0.15) is 57.8 Å². The molecule has 1 aromatic carbocycles. The molecule has 1 fully saturated rings. The van der Waals surface area contributed by atoms with Crippen molar-refractivity contribution in [2.75, 3.05) is 42.1 Å². The van der Waals surface area contributed by atoms with E-state index in [0.717, 1.165) is 10.6 Å². The SMILES string of the molecule is C=CC(=O)N1CCN(c2nc(=O)n(-c3c(C(C)C)nc(N(C)S(C)(=O)=O)nc3C(C)C)c3nc(-c4ccccc4F)c(F)cc23)[C@@H](C)C1. The van der Waals surface area contributed by atoms with Gasteiger partial charge in [0, 0.05) is 38.3 Å². The lowest BCUT2D eigenvalue weighted by atomic mass is 10.0. The van der Waals surface area contributed by atoms with Crippen LogP contribution in [0.15, 0.2) is 47.8 Å². The molecule has 1 amide bonds. The minimum atomic E-state index is -3.74. The normalized spacial score (nSPS) is 15.4. The van der Waals surface area contributed by atoms with E-state index in [1.807, 2.05) is 39.5 Å². The molecule has 0 saturated carbocycles. The fraction of sp³-hybridized carbons (Fsp3) is 0.394. The van der Waals surface area contributed by atoms with Gasteiger partial charge in [0.15, 0.2) is 5.65 Å². The Morgan fingerprint density at radius 2 is 1.65 bits per heavy atom. The lowest BCUT2D eigenvalue weighted by molar-refractivity contribution is -0.126. The Morgan fingerprint density at radius 3 is 2.19 bits per heavy atom. The lowest BCUT2D eigenvalue weighted by Crippen LogP contribution is -2.54. The van der Waals surface area contributed by atoms with Gasteiger partial charge in [0.2, 0.25) is 21.9 Å². The number of pyridine rings is 1. The number of benzene rings is 1. The highest BCUT2D eigenvalue weighted by Gasteiger charge is 2.32. The molecule has 0 spiro atoms. The molecule has 3 aromatic heterocycles. The van der Waals surface area contributed by atoms with Gasteiger partial charge >= 0.3 is 5.69 Å². The molecule has 1 atom stereocenters. The number of halogens is 2. The monoisotopic (exact) mass is 680 g/mol. The van der Waals surface area contributed by atoms with Crippen LogP contribution in [-0.4, -0.2) is 82.7 Å². The number of fused-ring (bicyclic) bond motifs is 1. The number of hydrogen-bond acceptors (Lipinski definition) is 9. The molecule has 4 heterocycles. The molecule has 0 N–H and O–H groups in total. The maximum Gasteiger partial charge on any atom is 0.355 e. The van der Waals surface area contributed by atoms with Gasteiger partial charge in [-0.3, -0.25) is 4.79 Å². The largest absolute Gasteiger partial charge is 0.355 e. The Kier molecular flexibility index (Phi) is 9.37. The third-order valence-electron chi connectivity index (χ3n) is 8.34. The fourth-order valence-corrected chi connectivity index (χ4v) is 6.15. The van der Waals surface area contributed by atoms with Crippen LogP contribution in [0.2, 0.25) is 0 Å². The summed E-state index contributed by atoms with van der Waals surface area (Å²) in [4.78, 5) is 48.4. The van der Waals surface area contributed by atoms with Crippen molar-refractivity contribution < 1.29 is 22.0 Å². The summed E-state index contributed by atoms with van der Waals surface area (Å²) < 4.78 is 58.2. The van der Waals surface area contributed by atoms with Gasteiger partial charge in [0.25, 0.3) is 0 Å². The minimum Gasteiger partial charge on any atom is -0.350 e. The van der Waals surface area contributed by atoms with E-state index in [2.05, 4.69) is 26.5 Å². The zero-order valence-corrected chi connectivity index (χ0v) is 28.7. The quantitative estimate of drug-likeness (QED) is 0.249. The Morgan fingerprint density at radius 1 is 1.02 bits per heavy atom. The maximum atomic E-state index is 16.0. The number of carbonyl (C=O) groups excluding carboxylic acids is 1. The molecule has 48 heavy (non-hydrogen) atoms. The van der Waals surface area contributed by atoms with Crippen molar-refractivity contribution in [2.24, 2.45) is 0 Å². The average Bonchev–Trinajstić information content (AvgIpc) is 3.03. The number of aromatic nitrogens is 5. The van der Waals surface area contributed by atoms with E-state index in [1.54, 1.807) is 11.0 Å². The van der Waals surface area contributed by atoms with Crippen LogP contribution in [0.5, 0.6) is 0 Å². The van der Waals surface area contributed by atoms with Gasteiger partial charge in [-0.05, 0) is 43.0 Å². The molecule has 1 saturated heterocycles. The van der Waals surface area contributed by atoms with Crippen molar-refractivity contribution in [3.8, 4) is 16.9 Å². The van der Waals surface area contributed by atoms with Gasteiger partial charge in [-0.15, -0.1) is 0 Å². The van der Waals surface area contributed by atoms with Gasteiger partial charge < -0.3 is 9.80 Å². The van der Waals surface area contributed by atoms with Crippen LogP contribution in [0, 0.1) is 11.6 Å². The molecular weight excluding hydrogens is 642 g/mol. The molecule has 1 aliphatic heterocycles. The van der Waals surface area contributed by atoms with Crippen molar-refractivity contribution >= 4 is 38.7 Å². The van der Waals surface area contributed by atoms with Crippen LogP contribution in [0.25, 0.3) is 28.0 Å². The molecular formula is C33H38F2N8O4S. The minimum absolute atomic E-state index is 0.0157. The summed E-state index contributed by atoms with van der Waals surface area (Å²) in [5.41, 5.74) is -0.308.